The molecule has 0 radical (unpaired) electrons. The first-order valence-electron chi connectivity index (χ1n) is 8.13. The number of rotatable bonds is 8. The molecular formula is C19H24BrNO. The molecule has 1 aliphatic heterocycles. The van der Waals surface area contributed by atoms with Crippen LogP contribution in [0.3, 0.4) is 0 Å². The van der Waals surface area contributed by atoms with E-state index in [0.717, 1.165) is 29.7 Å². The van der Waals surface area contributed by atoms with Crippen molar-refractivity contribution in [3.05, 3.63) is 58.2 Å². The molecule has 0 saturated heterocycles. The Morgan fingerprint density at radius 3 is 2.50 bits per heavy atom. The molecule has 0 aromatic heterocycles. The van der Waals surface area contributed by atoms with E-state index in [1.807, 2.05) is 28.1 Å². The van der Waals surface area contributed by atoms with Crippen LogP contribution < -0.4 is 0 Å². The van der Waals surface area contributed by atoms with Crippen LogP contribution in [0.1, 0.15) is 51.0 Å². The largest absolute Gasteiger partial charge is 0.304 e. The van der Waals surface area contributed by atoms with Crippen molar-refractivity contribution in [3.63, 3.8) is 0 Å². The second-order valence-electron chi connectivity index (χ2n) is 5.74. The molecule has 0 N–H and O–H groups in total. The highest BCUT2D eigenvalue weighted by Crippen LogP contribution is 2.30. The average molecular weight is 362 g/mol. The van der Waals surface area contributed by atoms with Gasteiger partial charge in [-0.1, -0.05) is 78.9 Å². The minimum Gasteiger partial charge on any atom is -0.304 e. The van der Waals surface area contributed by atoms with Gasteiger partial charge >= 0.3 is 0 Å². The van der Waals surface area contributed by atoms with Crippen molar-refractivity contribution in [2.75, 3.05) is 0 Å². The molecule has 1 heterocycles. The molecule has 0 unspecified atom stereocenters. The van der Waals surface area contributed by atoms with E-state index in [9.17, 15) is 4.79 Å². The van der Waals surface area contributed by atoms with E-state index < -0.39 is 0 Å². The standard InChI is InChI=1S/C19H24BrNO/c1-2-3-4-5-9-12-17-13-19(22)21(18(17)14-20)15-16-10-7-6-8-11-16/h6-8,10-11,13-14H,2-5,9,12,15H2,1H3/b18-14-. The minimum absolute atomic E-state index is 0.0955. The molecule has 22 heavy (non-hydrogen) atoms. The molecular weight excluding hydrogens is 338 g/mol. The Balaban J connectivity index is 1.93. The van der Waals surface area contributed by atoms with Gasteiger partial charge in [0.25, 0.3) is 5.91 Å². The van der Waals surface area contributed by atoms with E-state index in [1.54, 1.807) is 6.08 Å². The number of halogens is 1. The zero-order chi connectivity index (χ0) is 15.8. The predicted octanol–water partition coefficient (Wildman–Crippen LogP) is 5.55. The van der Waals surface area contributed by atoms with Gasteiger partial charge in [0.05, 0.1) is 12.2 Å². The second kappa shape index (κ2) is 8.94. The summed E-state index contributed by atoms with van der Waals surface area (Å²) in [6, 6.07) is 10.1. The Hall–Kier alpha value is -1.35. The van der Waals surface area contributed by atoms with Crippen LogP contribution in [0.2, 0.25) is 0 Å². The molecule has 2 rings (SSSR count). The fraction of sp³-hybridized carbons (Fsp3) is 0.421. The zero-order valence-corrected chi connectivity index (χ0v) is 14.8. The maximum atomic E-state index is 12.3. The Morgan fingerprint density at radius 2 is 1.82 bits per heavy atom. The fourth-order valence-electron chi connectivity index (χ4n) is 2.77. The van der Waals surface area contributed by atoms with E-state index in [1.165, 1.54) is 25.7 Å². The molecule has 118 valence electrons. The lowest BCUT2D eigenvalue weighted by molar-refractivity contribution is -0.123. The summed E-state index contributed by atoms with van der Waals surface area (Å²) >= 11 is 3.44. The van der Waals surface area contributed by atoms with Gasteiger partial charge in [-0.25, -0.2) is 0 Å². The molecule has 0 atom stereocenters. The lowest BCUT2D eigenvalue weighted by Crippen LogP contribution is -2.23. The Kier molecular flexibility index (Phi) is 6.91. The van der Waals surface area contributed by atoms with Gasteiger partial charge in [-0.15, -0.1) is 0 Å². The molecule has 1 aromatic carbocycles. The molecule has 0 saturated carbocycles. The number of hydrogen-bond acceptors (Lipinski definition) is 1. The summed E-state index contributed by atoms with van der Waals surface area (Å²) in [7, 11) is 0. The predicted molar refractivity (Wildman–Crippen MR) is 95.5 cm³/mol. The number of unbranched alkanes of at least 4 members (excludes halogenated alkanes) is 4. The summed E-state index contributed by atoms with van der Waals surface area (Å²) in [5.74, 6) is 0.0955. The van der Waals surface area contributed by atoms with E-state index in [4.69, 9.17) is 0 Å². The second-order valence-corrected chi connectivity index (χ2v) is 6.20. The molecule has 0 bridgehead atoms. The van der Waals surface area contributed by atoms with Gasteiger partial charge in [0.2, 0.25) is 0 Å². The number of amides is 1. The number of nitrogens with zero attached hydrogens (tertiary/aromatic N) is 1. The van der Waals surface area contributed by atoms with Crippen molar-refractivity contribution < 1.29 is 4.79 Å². The van der Waals surface area contributed by atoms with Crippen molar-refractivity contribution in [1.82, 2.24) is 4.90 Å². The summed E-state index contributed by atoms with van der Waals surface area (Å²) in [6.45, 7) is 2.86. The van der Waals surface area contributed by atoms with Gasteiger partial charge in [0.1, 0.15) is 0 Å². The Morgan fingerprint density at radius 1 is 1.09 bits per heavy atom. The molecule has 2 nitrogen and oxygen atoms in total. The zero-order valence-electron chi connectivity index (χ0n) is 13.2. The number of benzene rings is 1. The average Bonchev–Trinajstić information content (AvgIpc) is 2.83. The molecule has 1 aromatic rings. The van der Waals surface area contributed by atoms with Crippen molar-refractivity contribution in [2.45, 2.75) is 52.0 Å². The van der Waals surface area contributed by atoms with Crippen LogP contribution in [-0.4, -0.2) is 10.8 Å². The smallest absolute Gasteiger partial charge is 0.251 e. The van der Waals surface area contributed by atoms with E-state index in [0.29, 0.717) is 6.54 Å². The summed E-state index contributed by atoms with van der Waals surface area (Å²) in [5.41, 5.74) is 3.33. The maximum Gasteiger partial charge on any atom is 0.251 e. The van der Waals surface area contributed by atoms with Gasteiger partial charge < -0.3 is 4.90 Å². The quantitative estimate of drug-likeness (QED) is 0.555. The molecule has 0 aliphatic carbocycles. The van der Waals surface area contributed by atoms with Crippen molar-refractivity contribution in [3.8, 4) is 0 Å². The van der Waals surface area contributed by atoms with Crippen LogP contribution in [0, 0.1) is 0 Å². The molecule has 0 fully saturated rings. The summed E-state index contributed by atoms with van der Waals surface area (Å²) < 4.78 is 0. The molecule has 0 spiro atoms. The topological polar surface area (TPSA) is 20.3 Å². The van der Waals surface area contributed by atoms with Crippen LogP contribution in [-0.2, 0) is 11.3 Å². The van der Waals surface area contributed by atoms with Crippen LogP contribution in [0.15, 0.2) is 52.7 Å². The third kappa shape index (κ3) is 4.57. The Labute approximate surface area is 142 Å². The summed E-state index contributed by atoms with van der Waals surface area (Å²) in [6.07, 6.45) is 9.04. The lowest BCUT2D eigenvalue weighted by atomic mass is 10.0. The van der Waals surface area contributed by atoms with Crippen molar-refractivity contribution in [2.24, 2.45) is 0 Å². The first-order valence-corrected chi connectivity index (χ1v) is 9.04. The van der Waals surface area contributed by atoms with Crippen LogP contribution in [0.4, 0.5) is 0 Å². The van der Waals surface area contributed by atoms with E-state index in [2.05, 4.69) is 35.0 Å². The van der Waals surface area contributed by atoms with Gasteiger partial charge in [-0.2, -0.15) is 0 Å². The molecule has 1 amide bonds. The van der Waals surface area contributed by atoms with E-state index >= 15 is 0 Å². The van der Waals surface area contributed by atoms with Gasteiger partial charge in [-0.3, -0.25) is 4.79 Å². The summed E-state index contributed by atoms with van der Waals surface area (Å²) in [4.78, 5) is 16.0. The normalized spacial score (nSPS) is 16.5. The third-order valence-electron chi connectivity index (χ3n) is 4.02. The highest BCUT2D eigenvalue weighted by molar-refractivity contribution is 9.11. The first kappa shape index (κ1) is 17.0. The Bertz CT molecular complexity index is 548. The van der Waals surface area contributed by atoms with Gasteiger partial charge in [-0.05, 0) is 24.0 Å². The molecule has 3 heteroatoms. The van der Waals surface area contributed by atoms with Crippen LogP contribution in [0.5, 0.6) is 0 Å². The number of carbonyl (C=O) groups excluding carboxylic acids is 1. The van der Waals surface area contributed by atoms with Crippen molar-refractivity contribution in [1.29, 1.82) is 0 Å². The van der Waals surface area contributed by atoms with Crippen LogP contribution in [0.25, 0.3) is 0 Å². The number of hydrogen-bond donors (Lipinski definition) is 0. The molecule has 1 aliphatic rings. The highest BCUT2D eigenvalue weighted by Gasteiger charge is 2.26. The van der Waals surface area contributed by atoms with Gasteiger partial charge in [0, 0.05) is 11.1 Å². The lowest BCUT2D eigenvalue weighted by Gasteiger charge is -2.19. The van der Waals surface area contributed by atoms with Crippen molar-refractivity contribution >= 4 is 21.8 Å². The first-order chi connectivity index (χ1) is 10.8. The summed E-state index contributed by atoms with van der Waals surface area (Å²) in [5, 5.41) is 0. The maximum absolute atomic E-state index is 12.3. The highest BCUT2D eigenvalue weighted by atomic mass is 79.9. The third-order valence-corrected chi connectivity index (χ3v) is 4.45. The number of allylic oxidation sites excluding steroid dienone is 1. The minimum atomic E-state index is 0.0955. The SMILES string of the molecule is CCCCCCCC1=CC(=O)N(Cc2ccccc2)/C1=C\Br. The van der Waals surface area contributed by atoms with E-state index in [-0.39, 0.29) is 5.91 Å². The van der Waals surface area contributed by atoms with Gasteiger partial charge in [0.15, 0.2) is 0 Å². The fourth-order valence-corrected chi connectivity index (χ4v) is 3.31. The monoisotopic (exact) mass is 361 g/mol. The number of carbonyl (C=O) groups is 1. The van der Waals surface area contributed by atoms with Crippen LogP contribution >= 0.6 is 15.9 Å².